The zero-order valence-corrected chi connectivity index (χ0v) is 13.5. The van der Waals surface area contributed by atoms with E-state index in [1.165, 1.54) is 0 Å². The summed E-state index contributed by atoms with van der Waals surface area (Å²) in [5, 5.41) is 9.19. The number of ether oxygens (including phenoxy) is 1. The smallest absolute Gasteiger partial charge is 0.219 e. The molecule has 0 N–H and O–H groups in total. The number of amides is 1. The molecule has 6 nitrogen and oxygen atoms in total. The Bertz CT molecular complexity index is 596. The monoisotopic (exact) mass is 302 g/mol. The number of piperidine rings is 1. The first-order valence-corrected chi connectivity index (χ1v) is 7.42. The van der Waals surface area contributed by atoms with Gasteiger partial charge in [0.1, 0.15) is 6.07 Å². The number of aromatic nitrogens is 1. The fourth-order valence-electron chi connectivity index (χ4n) is 2.99. The zero-order chi connectivity index (χ0) is 16.3. The second kappa shape index (κ2) is 6.65. The van der Waals surface area contributed by atoms with Gasteiger partial charge >= 0.3 is 0 Å². The van der Waals surface area contributed by atoms with E-state index in [4.69, 9.17) is 4.74 Å². The Labute approximate surface area is 131 Å². The van der Waals surface area contributed by atoms with Gasteiger partial charge in [-0.3, -0.25) is 4.79 Å². The van der Waals surface area contributed by atoms with E-state index < -0.39 is 0 Å². The summed E-state index contributed by atoms with van der Waals surface area (Å²) in [6.07, 6.45) is 3.54. The van der Waals surface area contributed by atoms with Gasteiger partial charge in [0.05, 0.1) is 12.7 Å². The lowest BCUT2D eigenvalue weighted by atomic mass is 9.98. The molecule has 1 saturated heterocycles. The van der Waals surface area contributed by atoms with Crippen LogP contribution in [0.4, 0.5) is 5.82 Å². The molecular formula is C16H22N4O2. The van der Waals surface area contributed by atoms with Crippen LogP contribution in [0, 0.1) is 11.3 Å². The Balaban J connectivity index is 2.27. The third kappa shape index (κ3) is 2.98. The number of methoxy groups -OCH3 is 1. The number of nitriles is 1. The molecule has 1 fully saturated rings. The van der Waals surface area contributed by atoms with Crippen molar-refractivity contribution < 1.29 is 9.53 Å². The van der Waals surface area contributed by atoms with Crippen molar-refractivity contribution >= 4 is 11.7 Å². The summed E-state index contributed by atoms with van der Waals surface area (Å²) in [7, 11) is 3.48. The van der Waals surface area contributed by atoms with Crippen molar-refractivity contribution in [3.63, 3.8) is 0 Å². The van der Waals surface area contributed by atoms with Crippen molar-refractivity contribution in [3.8, 4) is 11.8 Å². The van der Waals surface area contributed by atoms with Gasteiger partial charge in [0.2, 0.25) is 5.91 Å². The number of likely N-dealkylation sites (N-methyl/N-ethyl adjacent to an activating group) is 1. The number of carbonyl (C=O) groups is 1. The topological polar surface area (TPSA) is 69.5 Å². The summed E-state index contributed by atoms with van der Waals surface area (Å²) in [6.45, 7) is 4.34. The molecule has 0 unspecified atom stereocenters. The molecule has 1 aliphatic heterocycles. The van der Waals surface area contributed by atoms with Crippen LogP contribution in [0.25, 0.3) is 0 Å². The Morgan fingerprint density at radius 1 is 1.55 bits per heavy atom. The average Bonchev–Trinajstić information content (AvgIpc) is 2.53. The van der Waals surface area contributed by atoms with E-state index in [1.54, 1.807) is 26.3 Å². The van der Waals surface area contributed by atoms with Crippen LogP contribution >= 0.6 is 0 Å². The van der Waals surface area contributed by atoms with E-state index in [1.807, 2.05) is 16.8 Å². The molecule has 0 aromatic carbocycles. The van der Waals surface area contributed by atoms with Crippen molar-refractivity contribution in [2.24, 2.45) is 0 Å². The standard InChI is InChI=1S/C16H22N4O2/c1-11-5-6-14(10-20(11)12(2)21)19(3)16-15(22-4)13(9-17)7-8-18-16/h7-8,11,14H,5-6,10H2,1-4H3/t11-,14-/m1/s1. The Kier molecular flexibility index (Phi) is 4.86. The predicted octanol–water partition coefficient (Wildman–Crippen LogP) is 1.80. The Morgan fingerprint density at radius 3 is 2.86 bits per heavy atom. The number of anilines is 1. The van der Waals surface area contributed by atoms with Gasteiger partial charge in [0, 0.05) is 38.8 Å². The maximum atomic E-state index is 11.8. The quantitative estimate of drug-likeness (QED) is 0.851. The van der Waals surface area contributed by atoms with Gasteiger partial charge in [-0.2, -0.15) is 5.26 Å². The molecule has 0 radical (unpaired) electrons. The third-order valence-electron chi connectivity index (χ3n) is 4.35. The van der Waals surface area contributed by atoms with Gasteiger partial charge in [-0.15, -0.1) is 0 Å². The summed E-state index contributed by atoms with van der Waals surface area (Å²) in [6, 6.07) is 4.19. The third-order valence-corrected chi connectivity index (χ3v) is 4.35. The van der Waals surface area contributed by atoms with Gasteiger partial charge in [0.15, 0.2) is 11.6 Å². The van der Waals surface area contributed by atoms with Gasteiger partial charge < -0.3 is 14.5 Å². The number of likely N-dealkylation sites (tertiary alicyclic amines) is 1. The predicted molar refractivity (Wildman–Crippen MR) is 83.8 cm³/mol. The minimum absolute atomic E-state index is 0.0938. The summed E-state index contributed by atoms with van der Waals surface area (Å²) in [4.78, 5) is 20.0. The first-order valence-electron chi connectivity index (χ1n) is 7.42. The molecule has 1 aliphatic rings. The highest BCUT2D eigenvalue weighted by molar-refractivity contribution is 5.74. The molecule has 0 bridgehead atoms. The summed E-state index contributed by atoms with van der Waals surface area (Å²) in [5.41, 5.74) is 0.465. The van der Waals surface area contributed by atoms with Crippen LogP contribution in [0.1, 0.15) is 32.3 Å². The van der Waals surface area contributed by atoms with Crippen molar-refractivity contribution in [1.29, 1.82) is 5.26 Å². The summed E-state index contributed by atoms with van der Waals surface area (Å²) < 4.78 is 5.37. The van der Waals surface area contributed by atoms with E-state index in [2.05, 4.69) is 18.0 Å². The second-order valence-electron chi connectivity index (χ2n) is 5.69. The van der Waals surface area contributed by atoms with Crippen LogP contribution in [0.2, 0.25) is 0 Å². The van der Waals surface area contributed by atoms with Crippen molar-refractivity contribution in [2.45, 2.75) is 38.8 Å². The number of rotatable bonds is 3. The van der Waals surface area contributed by atoms with Crippen LogP contribution in [-0.2, 0) is 4.79 Å². The van der Waals surface area contributed by atoms with Crippen molar-refractivity contribution in [3.05, 3.63) is 17.8 Å². The van der Waals surface area contributed by atoms with Gasteiger partial charge in [0.25, 0.3) is 0 Å². The molecule has 6 heteroatoms. The van der Waals surface area contributed by atoms with Gasteiger partial charge in [-0.25, -0.2) is 4.98 Å². The van der Waals surface area contributed by atoms with E-state index in [0.717, 1.165) is 12.8 Å². The number of nitrogens with zero attached hydrogens (tertiary/aromatic N) is 4. The average molecular weight is 302 g/mol. The largest absolute Gasteiger partial charge is 0.492 e. The first-order chi connectivity index (χ1) is 10.5. The first kappa shape index (κ1) is 16.1. The molecule has 1 aromatic rings. The highest BCUT2D eigenvalue weighted by Gasteiger charge is 2.31. The van der Waals surface area contributed by atoms with Crippen LogP contribution in [0.3, 0.4) is 0 Å². The van der Waals surface area contributed by atoms with Crippen LogP contribution in [0.15, 0.2) is 12.3 Å². The highest BCUT2D eigenvalue weighted by atomic mass is 16.5. The highest BCUT2D eigenvalue weighted by Crippen LogP contribution is 2.32. The van der Waals surface area contributed by atoms with Gasteiger partial charge in [-0.05, 0) is 25.8 Å². The minimum Gasteiger partial charge on any atom is -0.492 e. The Hall–Kier alpha value is -2.29. The lowest BCUT2D eigenvalue weighted by molar-refractivity contribution is -0.132. The van der Waals surface area contributed by atoms with Crippen LogP contribution in [-0.4, -0.2) is 48.6 Å². The molecule has 0 aliphatic carbocycles. The molecule has 2 heterocycles. The fourth-order valence-corrected chi connectivity index (χ4v) is 2.99. The number of carbonyl (C=O) groups excluding carboxylic acids is 1. The fraction of sp³-hybridized carbons (Fsp3) is 0.562. The minimum atomic E-state index is 0.0938. The number of hydrogen-bond donors (Lipinski definition) is 0. The van der Waals surface area contributed by atoms with Crippen molar-refractivity contribution in [2.75, 3.05) is 25.6 Å². The molecule has 118 valence electrons. The molecule has 0 spiro atoms. The molecule has 2 rings (SSSR count). The molecule has 0 saturated carbocycles. The lowest BCUT2D eigenvalue weighted by Gasteiger charge is -2.41. The van der Waals surface area contributed by atoms with Crippen LogP contribution in [0.5, 0.6) is 5.75 Å². The van der Waals surface area contributed by atoms with Crippen molar-refractivity contribution in [1.82, 2.24) is 9.88 Å². The maximum Gasteiger partial charge on any atom is 0.219 e. The summed E-state index contributed by atoms with van der Waals surface area (Å²) in [5.74, 6) is 1.22. The van der Waals surface area contributed by atoms with E-state index in [0.29, 0.717) is 23.7 Å². The van der Waals surface area contributed by atoms with E-state index in [9.17, 15) is 10.1 Å². The SMILES string of the molecule is COc1c(C#N)ccnc1N(C)[C@@H]1CC[C@@H](C)N(C(C)=O)C1. The van der Waals surface area contributed by atoms with E-state index >= 15 is 0 Å². The maximum absolute atomic E-state index is 11.8. The Morgan fingerprint density at radius 2 is 2.27 bits per heavy atom. The molecule has 2 atom stereocenters. The van der Waals surface area contributed by atoms with Gasteiger partial charge in [-0.1, -0.05) is 0 Å². The molecule has 1 aromatic heterocycles. The summed E-state index contributed by atoms with van der Waals surface area (Å²) >= 11 is 0. The lowest BCUT2D eigenvalue weighted by Crippen LogP contribution is -2.52. The van der Waals surface area contributed by atoms with Crippen LogP contribution < -0.4 is 9.64 Å². The normalized spacial score (nSPS) is 21.1. The molecule has 22 heavy (non-hydrogen) atoms. The second-order valence-corrected chi connectivity index (χ2v) is 5.69. The number of hydrogen-bond acceptors (Lipinski definition) is 5. The molecular weight excluding hydrogens is 280 g/mol. The zero-order valence-electron chi connectivity index (χ0n) is 13.5. The van der Waals surface area contributed by atoms with E-state index in [-0.39, 0.29) is 18.0 Å². The number of pyridine rings is 1. The molecule has 1 amide bonds.